The van der Waals surface area contributed by atoms with Crippen molar-refractivity contribution < 1.29 is 9.90 Å². The lowest BCUT2D eigenvalue weighted by Crippen LogP contribution is -2.11. The maximum absolute atomic E-state index is 12.1. The molecule has 2 rings (SSSR count). The van der Waals surface area contributed by atoms with Gasteiger partial charge in [0.05, 0.1) is 6.61 Å². The topological polar surface area (TPSA) is 62.2 Å². The van der Waals surface area contributed by atoms with Crippen LogP contribution in [0.5, 0.6) is 0 Å². The van der Waals surface area contributed by atoms with Gasteiger partial charge in [-0.2, -0.15) is 0 Å². The predicted molar refractivity (Wildman–Crippen MR) is 84.6 cm³/mol. The number of aliphatic hydroxyl groups is 1. The van der Waals surface area contributed by atoms with Crippen LogP contribution in [-0.2, 0) is 0 Å². The average Bonchev–Trinajstić information content (AvgIpc) is 2.86. The van der Waals surface area contributed by atoms with Crippen LogP contribution in [0.2, 0.25) is 0 Å². The molecule has 1 heterocycles. The van der Waals surface area contributed by atoms with Crippen molar-refractivity contribution in [1.29, 1.82) is 0 Å². The van der Waals surface area contributed by atoms with E-state index in [0.717, 1.165) is 16.0 Å². The highest BCUT2D eigenvalue weighted by atomic mass is 32.1. The third-order valence-corrected chi connectivity index (χ3v) is 3.62. The number of rotatable bonds is 3. The highest BCUT2D eigenvalue weighted by molar-refractivity contribution is 7.15. The first-order valence-corrected chi connectivity index (χ1v) is 7.36. The van der Waals surface area contributed by atoms with Crippen molar-refractivity contribution in [2.45, 2.75) is 20.3 Å². The van der Waals surface area contributed by atoms with Gasteiger partial charge in [0, 0.05) is 28.6 Å². The molecule has 0 aliphatic carbocycles. The zero-order valence-corrected chi connectivity index (χ0v) is 12.8. The first-order valence-electron chi connectivity index (χ1n) is 6.54. The Bertz CT molecular complexity index is 711. The van der Waals surface area contributed by atoms with Crippen molar-refractivity contribution in [2.24, 2.45) is 0 Å². The second-order valence-corrected chi connectivity index (χ2v) is 5.77. The van der Waals surface area contributed by atoms with Gasteiger partial charge in [0.15, 0.2) is 5.13 Å². The van der Waals surface area contributed by atoms with E-state index in [2.05, 4.69) is 22.1 Å². The van der Waals surface area contributed by atoms with E-state index in [4.69, 9.17) is 5.11 Å². The summed E-state index contributed by atoms with van der Waals surface area (Å²) in [7, 11) is 0. The molecule has 0 saturated heterocycles. The minimum absolute atomic E-state index is 0.0553. The summed E-state index contributed by atoms with van der Waals surface area (Å²) in [6, 6.07) is 5.37. The van der Waals surface area contributed by atoms with Crippen LogP contribution in [0.25, 0.3) is 0 Å². The highest BCUT2D eigenvalue weighted by Crippen LogP contribution is 2.18. The molecule has 2 N–H and O–H groups in total. The number of hydrogen-bond donors (Lipinski definition) is 2. The number of anilines is 1. The molecule has 0 aliphatic heterocycles. The molecule has 0 saturated carbocycles. The number of aryl methyl sites for hydroxylation is 2. The maximum Gasteiger partial charge on any atom is 0.257 e. The fourth-order valence-electron chi connectivity index (χ4n) is 1.74. The van der Waals surface area contributed by atoms with Crippen LogP contribution >= 0.6 is 11.3 Å². The van der Waals surface area contributed by atoms with Gasteiger partial charge in [-0.1, -0.05) is 11.8 Å². The number of hydrogen-bond acceptors (Lipinski definition) is 4. The number of benzene rings is 1. The number of aliphatic hydroxyl groups excluding tert-OH is 1. The number of carbonyl (C=O) groups is 1. The lowest BCUT2D eigenvalue weighted by molar-refractivity contribution is 0.102. The summed E-state index contributed by atoms with van der Waals surface area (Å²) in [5.41, 5.74) is 2.38. The van der Waals surface area contributed by atoms with Crippen LogP contribution in [0.15, 0.2) is 24.4 Å². The molecular weight excluding hydrogens is 284 g/mol. The molecule has 0 aliphatic rings. The van der Waals surface area contributed by atoms with Crippen LogP contribution in [-0.4, -0.2) is 22.6 Å². The summed E-state index contributed by atoms with van der Waals surface area (Å²) in [5, 5.41) is 12.1. The van der Waals surface area contributed by atoms with Crippen LogP contribution in [0, 0.1) is 25.7 Å². The van der Waals surface area contributed by atoms with Gasteiger partial charge in [0.25, 0.3) is 5.91 Å². The third-order valence-electron chi connectivity index (χ3n) is 2.79. The summed E-state index contributed by atoms with van der Waals surface area (Å²) >= 11 is 1.44. The van der Waals surface area contributed by atoms with E-state index in [1.807, 2.05) is 19.9 Å². The molecule has 21 heavy (non-hydrogen) atoms. The number of carbonyl (C=O) groups excluding carboxylic acids is 1. The molecule has 1 aromatic carbocycles. The van der Waals surface area contributed by atoms with E-state index in [1.165, 1.54) is 11.3 Å². The van der Waals surface area contributed by atoms with Gasteiger partial charge in [0.2, 0.25) is 0 Å². The van der Waals surface area contributed by atoms with Crippen molar-refractivity contribution in [3.8, 4) is 11.8 Å². The van der Waals surface area contributed by atoms with Crippen molar-refractivity contribution in [3.63, 3.8) is 0 Å². The van der Waals surface area contributed by atoms with E-state index in [0.29, 0.717) is 17.1 Å². The molecule has 0 unspecified atom stereocenters. The first kappa shape index (κ1) is 15.2. The molecule has 1 aromatic heterocycles. The van der Waals surface area contributed by atoms with Crippen LogP contribution in [0.4, 0.5) is 5.13 Å². The van der Waals surface area contributed by atoms with Crippen LogP contribution < -0.4 is 5.32 Å². The molecule has 0 spiro atoms. The van der Waals surface area contributed by atoms with Gasteiger partial charge in [-0.15, -0.1) is 11.3 Å². The van der Waals surface area contributed by atoms with Gasteiger partial charge in [-0.25, -0.2) is 4.98 Å². The van der Waals surface area contributed by atoms with Gasteiger partial charge in [0.1, 0.15) is 0 Å². The summed E-state index contributed by atoms with van der Waals surface area (Å²) in [6.07, 6.45) is 2.18. The number of thiazole rings is 1. The van der Waals surface area contributed by atoms with Crippen molar-refractivity contribution >= 4 is 22.4 Å². The number of nitrogens with one attached hydrogen (secondary N) is 1. The zero-order chi connectivity index (χ0) is 15.2. The van der Waals surface area contributed by atoms with Crippen molar-refractivity contribution in [3.05, 3.63) is 46.0 Å². The van der Waals surface area contributed by atoms with Gasteiger partial charge >= 0.3 is 0 Å². The van der Waals surface area contributed by atoms with Gasteiger partial charge in [-0.3, -0.25) is 10.1 Å². The Hall–Kier alpha value is -2.16. The maximum atomic E-state index is 12.1. The summed E-state index contributed by atoms with van der Waals surface area (Å²) < 4.78 is 0. The minimum atomic E-state index is -0.178. The Morgan fingerprint density at radius 2 is 2.24 bits per heavy atom. The molecule has 5 heteroatoms. The Morgan fingerprint density at radius 1 is 1.43 bits per heavy atom. The van der Waals surface area contributed by atoms with Crippen molar-refractivity contribution in [2.75, 3.05) is 11.9 Å². The Morgan fingerprint density at radius 3 is 2.86 bits per heavy atom. The molecule has 108 valence electrons. The first-order chi connectivity index (χ1) is 10.1. The summed E-state index contributed by atoms with van der Waals surface area (Å²) in [5.74, 6) is 5.68. The van der Waals surface area contributed by atoms with E-state index in [9.17, 15) is 4.79 Å². The summed E-state index contributed by atoms with van der Waals surface area (Å²) in [4.78, 5) is 17.3. The average molecular weight is 300 g/mol. The fourth-order valence-corrected chi connectivity index (χ4v) is 2.40. The van der Waals surface area contributed by atoms with Crippen LogP contribution in [0.1, 0.15) is 32.8 Å². The standard InChI is InChI=1S/C16H16N2O2S/c1-11-9-14(7-6-13(11)5-3-4-8-19)15(20)18-16-17-10-12(2)21-16/h6-7,9-10,19H,4,8H2,1-2H3,(H,17,18,20). The normalized spacial score (nSPS) is 9.86. The van der Waals surface area contributed by atoms with E-state index >= 15 is 0 Å². The summed E-state index contributed by atoms with van der Waals surface area (Å²) in [6.45, 7) is 3.91. The molecular formula is C16H16N2O2S. The smallest absolute Gasteiger partial charge is 0.257 e. The quantitative estimate of drug-likeness (QED) is 0.857. The largest absolute Gasteiger partial charge is 0.395 e. The van der Waals surface area contributed by atoms with E-state index in [1.54, 1.807) is 18.3 Å². The Kier molecular flexibility index (Phi) is 5.09. The van der Waals surface area contributed by atoms with E-state index in [-0.39, 0.29) is 12.5 Å². The molecule has 0 atom stereocenters. The monoisotopic (exact) mass is 300 g/mol. The molecule has 2 aromatic rings. The Balaban J connectivity index is 2.12. The van der Waals surface area contributed by atoms with Crippen molar-refractivity contribution in [1.82, 2.24) is 4.98 Å². The van der Waals surface area contributed by atoms with Gasteiger partial charge in [-0.05, 0) is 37.6 Å². The van der Waals surface area contributed by atoms with E-state index < -0.39 is 0 Å². The number of nitrogens with zero attached hydrogens (tertiary/aromatic N) is 1. The fraction of sp³-hybridized carbons (Fsp3) is 0.250. The minimum Gasteiger partial charge on any atom is -0.395 e. The second-order valence-electron chi connectivity index (χ2n) is 4.54. The van der Waals surface area contributed by atoms with Gasteiger partial charge < -0.3 is 5.11 Å². The third kappa shape index (κ3) is 4.15. The lowest BCUT2D eigenvalue weighted by atomic mass is 10.0. The molecule has 0 bridgehead atoms. The highest BCUT2D eigenvalue weighted by Gasteiger charge is 2.09. The number of aromatic nitrogens is 1. The lowest BCUT2D eigenvalue weighted by Gasteiger charge is -2.04. The zero-order valence-electron chi connectivity index (χ0n) is 11.9. The number of amides is 1. The Labute approximate surface area is 127 Å². The van der Waals surface area contributed by atoms with Crippen LogP contribution in [0.3, 0.4) is 0 Å². The predicted octanol–water partition coefficient (Wildman–Crippen LogP) is 2.75. The second kappa shape index (κ2) is 7.02. The molecule has 0 radical (unpaired) electrons. The SMILES string of the molecule is Cc1cnc(NC(=O)c2ccc(C#CCCO)c(C)c2)s1. The molecule has 1 amide bonds. The molecule has 4 nitrogen and oxygen atoms in total. The molecule has 0 fully saturated rings.